The number of nitrogens with one attached hydrogen (secondary N) is 3. The zero-order valence-corrected chi connectivity index (χ0v) is 12.4. The highest BCUT2D eigenvalue weighted by Crippen LogP contribution is 2.27. The summed E-state index contributed by atoms with van der Waals surface area (Å²) in [5.74, 6) is 0.702. The Kier molecular flexibility index (Phi) is 5.41. The number of rotatable bonds is 7. The number of hydrogen-bond donors (Lipinski definition) is 3. The van der Waals surface area contributed by atoms with Gasteiger partial charge in [-0.25, -0.2) is 4.79 Å². The Balaban J connectivity index is 1.79. The predicted molar refractivity (Wildman–Crippen MR) is 82.9 cm³/mol. The molecule has 20 heavy (non-hydrogen) atoms. The number of urea groups is 1. The Hall–Kier alpha value is -1.55. The molecule has 0 spiro atoms. The Morgan fingerprint density at radius 1 is 1.30 bits per heavy atom. The molecule has 0 radical (unpaired) electrons. The topological polar surface area (TPSA) is 53.2 Å². The van der Waals surface area contributed by atoms with Crippen LogP contribution in [-0.4, -0.2) is 19.1 Å². The van der Waals surface area contributed by atoms with Crippen LogP contribution in [-0.2, 0) is 0 Å². The van der Waals surface area contributed by atoms with Crippen LogP contribution in [0, 0.1) is 5.92 Å². The zero-order chi connectivity index (χ0) is 14.4. The van der Waals surface area contributed by atoms with Gasteiger partial charge in [0.1, 0.15) is 0 Å². The van der Waals surface area contributed by atoms with E-state index in [1.54, 1.807) is 0 Å². The molecule has 0 aromatic heterocycles. The molecule has 1 aromatic carbocycles. The summed E-state index contributed by atoms with van der Waals surface area (Å²) in [5, 5.41) is 9.21. The van der Waals surface area contributed by atoms with E-state index in [4.69, 9.17) is 0 Å². The normalized spacial score (nSPS) is 15.7. The molecule has 4 heteroatoms. The molecule has 1 atom stereocenters. The third-order valence-electron chi connectivity index (χ3n) is 3.62. The summed E-state index contributed by atoms with van der Waals surface area (Å²) in [5.41, 5.74) is 2.08. The largest absolute Gasteiger partial charge is 0.338 e. The molecule has 2 amide bonds. The average molecular weight is 275 g/mol. The fourth-order valence-electron chi connectivity index (χ4n) is 2.07. The van der Waals surface area contributed by atoms with Crippen LogP contribution in [0.4, 0.5) is 10.5 Å². The van der Waals surface area contributed by atoms with Crippen LogP contribution in [0.3, 0.4) is 0 Å². The first-order valence-electron chi connectivity index (χ1n) is 7.57. The number of amides is 2. The molecule has 2 rings (SSSR count). The van der Waals surface area contributed by atoms with Gasteiger partial charge in [0.2, 0.25) is 0 Å². The van der Waals surface area contributed by atoms with Crippen molar-refractivity contribution in [2.24, 2.45) is 5.92 Å². The predicted octanol–water partition coefficient (Wildman–Crippen LogP) is 3.28. The summed E-state index contributed by atoms with van der Waals surface area (Å²) in [6, 6.07) is 8.26. The quantitative estimate of drug-likeness (QED) is 0.715. The molecule has 110 valence electrons. The van der Waals surface area contributed by atoms with Crippen molar-refractivity contribution >= 4 is 11.7 Å². The van der Waals surface area contributed by atoms with E-state index in [1.807, 2.05) is 12.1 Å². The van der Waals surface area contributed by atoms with Crippen LogP contribution >= 0.6 is 0 Å². The lowest BCUT2D eigenvalue weighted by Gasteiger charge is -2.14. The van der Waals surface area contributed by atoms with Gasteiger partial charge in [-0.15, -0.1) is 0 Å². The van der Waals surface area contributed by atoms with E-state index in [1.165, 1.54) is 18.4 Å². The molecule has 0 aliphatic heterocycles. The van der Waals surface area contributed by atoms with E-state index in [-0.39, 0.29) is 6.03 Å². The van der Waals surface area contributed by atoms with Gasteiger partial charge in [0.25, 0.3) is 0 Å². The van der Waals surface area contributed by atoms with Crippen LogP contribution in [0.2, 0.25) is 0 Å². The summed E-state index contributed by atoms with van der Waals surface area (Å²) in [4.78, 5) is 11.7. The van der Waals surface area contributed by atoms with Crippen LogP contribution < -0.4 is 16.0 Å². The first-order valence-corrected chi connectivity index (χ1v) is 7.57. The molecule has 1 unspecified atom stereocenters. The second-order valence-corrected chi connectivity index (χ2v) is 5.58. The van der Waals surface area contributed by atoms with E-state index in [0.717, 1.165) is 25.2 Å². The minimum Gasteiger partial charge on any atom is -0.338 e. The average Bonchev–Trinajstić information content (AvgIpc) is 3.27. The van der Waals surface area contributed by atoms with Gasteiger partial charge in [-0.1, -0.05) is 19.1 Å². The van der Waals surface area contributed by atoms with Crippen molar-refractivity contribution < 1.29 is 4.79 Å². The standard InChI is InChI=1S/C16H25N3O/c1-3-10-17-12(2)14-6-8-15(9-7-14)19-16(20)18-11-13-4-5-13/h6-9,12-13,17H,3-5,10-11H2,1-2H3,(H2,18,19,20). The molecule has 1 fully saturated rings. The van der Waals surface area contributed by atoms with Crippen LogP contribution in [0.25, 0.3) is 0 Å². The minimum absolute atomic E-state index is 0.109. The Morgan fingerprint density at radius 2 is 2.00 bits per heavy atom. The van der Waals surface area contributed by atoms with E-state index in [0.29, 0.717) is 12.0 Å². The van der Waals surface area contributed by atoms with Crippen LogP contribution in [0.1, 0.15) is 44.7 Å². The maximum atomic E-state index is 11.7. The van der Waals surface area contributed by atoms with Crippen molar-refractivity contribution in [3.05, 3.63) is 29.8 Å². The highest BCUT2D eigenvalue weighted by molar-refractivity contribution is 5.89. The van der Waals surface area contributed by atoms with E-state index < -0.39 is 0 Å². The van der Waals surface area contributed by atoms with Gasteiger partial charge in [0.05, 0.1) is 0 Å². The number of carbonyl (C=O) groups is 1. The van der Waals surface area contributed by atoms with Gasteiger partial charge in [-0.2, -0.15) is 0 Å². The van der Waals surface area contributed by atoms with Crippen molar-refractivity contribution in [1.29, 1.82) is 0 Å². The van der Waals surface area contributed by atoms with Crippen molar-refractivity contribution in [2.75, 3.05) is 18.4 Å². The van der Waals surface area contributed by atoms with Crippen LogP contribution in [0.5, 0.6) is 0 Å². The lowest BCUT2D eigenvalue weighted by Crippen LogP contribution is -2.30. The Morgan fingerprint density at radius 3 is 2.60 bits per heavy atom. The van der Waals surface area contributed by atoms with Crippen LogP contribution in [0.15, 0.2) is 24.3 Å². The Labute approximate surface area is 121 Å². The van der Waals surface area contributed by atoms with Gasteiger partial charge in [-0.3, -0.25) is 0 Å². The highest BCUT2D eigenvalue weighted by Gasteiger charge is 2.21. The van der Waals surface area contributed by atoms with Gasteiger partial charge in [0, 0.05) is 18.3 Å². The molecule has 0 heterocycles. The fourth-order valence-corrected chi connectivity index (χ4v) is 2.07. The molecule has 1 aliphatic carbocycles. The lowest BCUT2D eigenvalue weighted by molar-refractivity contribution is 0.251. The second-order valence-electron chi connectivity index (χ2n) is 5.58. The molecule has 3 N–H and O–H groups in total. The van der Waals surface area contributed by atoms with Gasteiger partial charge in [0.15, 0.2) is 0 Å². The third kappa shape index (κ3) is 4.85. The molecule has 0 saturated heterocycles. The second kappa shape index (κ2) is 7.29. The van der Waals surface area contributed by atoms with Gasteiger partial charge < -0.3 is 16.0 Å². The molecule has 1 aliphatic rings. The van der Waals surface area contributed by atoms with Crippen molar-refractivity contribution in [2.45, 2.75) is 39.2 Å². The highest BCUT2D eigenvalue weighted by atomic mass is 16.2. The lowest BCUT2D eigenvalue weighted by atomic mass is 10.1. The minimum atomic E-state index is -0.109. The molecular weight excluding hydrogens is 250 g/mol. The van der Waals surface area contributed by atoms with E-state index in [9.17, 15) is 4.79 Å². The zero-order valence-electron chi connectivity index (χ0n) is 12.4. The summed E-state index contributed by atoms with van der Waals surface area (Å²) >= 11 is 0. The SMILES string of the molecule is CCCNC(C)c1ccc(NC(=O)NCC2CC2)cc1. The first-order chi connectivity index (χ1) is 9.69. The summed E-state index contributed by atoms with van der Waals surface area (Å²) in [6.45, 7) is 6.13. The third-order valence-corrected chi connectivity index (χ3v) is 3.62. The summed E-state index contributed by atoms with van der Waals surface area (Å²) in [6.07, 6.45) is 3.63. The van der Waals surface area contributed by atoms with E-state index >= 15 is 0 Å². The van der Waals surface area contributed by atoms with Crippen molar-refractivity contribution in [1.82, 2.24) is 10.6 Å². The summed E-state index contributed by atoms with van der Waals surface area (Å²) in [7, 11) is 0. The molecule has 0 bridgehead atoms. The van der Waals surface area contributed by atoms with Crippen molar-refractivity contribution in [3.63, 3.8) is 0 Å². The summed E-state index contributed by atoms with van der Waals surface area (Å²) < 4.78 is 0. The smallest absolute Gasteiger partial charge is 0.319 e. The maximum Gasteiger partial charge on any atom is 0.319 e. The number of anilines is 1. The van der Waals surface area contributed by atoms with Crippen molar-refractivity contribution in [3.8, 4) is 0 Å². The molecule has 1 aromatic rings. The molecular formula is C16H25N3O. The van der Waals surface area contributed by atoms with E-state index in [2.05, 4.69) is 41.9 Å². The maximum absolute atomic E-state index is 11.7. The monoisotopic (exact) mass is 275 g/mol. The fraction of sp³-hybridized carbons (Fsp3) is 0.562. The number of carbonyl (C=O) groups excluding carboxylic acids is 1. The van der Waals surface area contributed by atoms with Gasteiger partial charge in [-0.05, 0) is 56.3 Å². The number of hydrogen-bond acceptors (Lipinski definition) is 2. The number of benzene rings is 1. The molecule has 1 saturated carbocycles. The molecule has 4 nitrogen and oxygen atoms in total. The van der Waals surface area contributed by atoms with Gasteiger partial charge >= 0.3 is 6.03 Å². The Bertz CT molecular complexity index is 426. The first kappa shape index (κ1) is 14.9.